The maximum absolute atomic E-state index is 12.7. The monoisotopic (exact) mass is 327 g/mol. The molecule has 0 saturated carbocycles. The molecule has 1 unspecified atom stereocenters. The first-order chi connectivity index (χ1) is 11.1. The van der Waals surface area contributed by atoms with Gasteiger partial charge in [-0.05, 0) is 20.3 Å². The van der Waals surface area contributed by atoms with Crippen LogP contribution in [-0.2, 0) is 0 Å². The SMILES string of the molecule is CCNc1c(C#N)cnc2sc3c(=O)n(C(C)CC)cnc3c12. The Bertz CT molecular complexity index is 982. The molecule has 6 nitrogen and oxygen atoms in total. The van der Waals surface area contributed by atoms with E-state index in [-0.39, 0.29) is 11.6 Å². The highest BCUT2D eigenvalue weighted by molar-refractivity contribution is 7.25. The van der Waals surface area contributed by atoms with Crippen molar-refractivity contribution in [2.75, 3.05) is 11.9 Å². The molecular formula is C16H17N5OS. The smallest absolute Gasteiger partial charge is 0.271 e. The second-order valence-electron chi connectivity index (χ2n) is 5.36. The van der Waals surface area contributed by atoms with E-state index < -0.39 is 0 Å². The van der Waals surface area contributed by atoms with Crippen molar-refractivity contribution in [3.63, 3.8) is 0 Å². The average molecular weight is 327 g/mol. The van der Waals surface area contributed by atoms with Crippen LogP contribution in [0.4, 0.5) is 5.69 Å². The summed E-state index contributed by atoms with van der Waals surface area (Å²) in [5.74, 6) is 0. The van der Waals surface area contributed by atoms with E-state index in [9.17, 15) is 10.1 Å². The molecule has 0 amide bonds. The predicted molar refractivity (Wildman–Crippen MR) is 93.1 cm³/mol. The molecule has 3 heterocycles. The number of fused-ring (bicyclic) bond motifs is 3. The van der Waals surface area contributed by atoms with Crippen molar-refractivity contribution in [3.8, 4) is 6.07 Å². The summed E-state index contributed by atoms with van der Waals surface area (Å²) in [7, 11) is 0. The molecule has 0 fully saturated rings. The van der Waals surface area contributed by atoms with Gasteiger partial charge in [0.1, 0.15) is 21.1 Å². The zero-order valence-corrected chi connectivity index (χ0v) is 14.1. The van der Waals surface area contributed by atoms with Gasteiger partial charge in [-0.3, -0.25) is 9.36 Å². The Balaban J connectivity index is 2.41. The lowest BCUT2D eigenvalue weighted by atomic mass is 10.1. The van der Waals surface area contributed by atoms with E-state index in [1.807, 2.05) is 20.8 Å². The fourth-order valence-corrected chi connectivity index (χ4v) is 3.61. The molecule has 23 heavy (non-hydrogen) atoms. The molecule has 118 valence electrons. The van der Waals surface area contributed by atoms with Gasteiger partial charge in [0.2, 0.25) is 0 Å². The molecule has 0 bridgehead atoms. The maximum atomic E-state index is 12.7. The predicted octanol–water partition coefficient (Wildman–Crippen LogP) is 3.28. The second kappa shape index (κ2) is 5.97. The highest BCUT2D eigenvalue weighted by Crippen LogP contribution is 2.36. The number of anilines is 1. The number of aromatic nitrogens is 3. The van der Waals surface area contributed by atoms with Gasteiger partial charge in [0.25, 0.3) is 5.56 Å². The van der Waals surface area contributed by atoms with Crippen molar-refractivity contribution in [1.29, 1.82) is 5.26 Å². The van der Waals surface area contributed by atoms with Gasteiger partial charge < -0.3 is 5.32 Å². The van der Waals surface area contributed by atoms with Crippen molar-refractivity contribution in [2.24, 2.45) is 0 Å². The zero-order valence-electron chi connectivity index (χ0n) is 13.3. The maximum Gasteiger partial charge on any atom is 0.271 e. The van der Waals surface area contributed by atoms with E-state index in [2.05, 4.69) is 21.4 Å². The topological polar surface area (TPSA) is 83.6 Å². The van der Waals surface area contributed by atoms with Crippen molar-refractivity contribution < 1.29 is 0 Å². The molecule has 3 aromatic heterocycles. The van der Waals surface area contributed by atoms with Crippen LogP contribution in [0.3, 0.4) is 0 Å². The Morgan fingerprint density at radius 2 is 2.22 bits per heavy atom. The summed E-state index contributed by atoms with van der Waals surface area (Å²) in [5, 5.41) is 13.3. The van der Waals surface area contributed by atoms with Crippen molar-refractivity contribution >= 4 is 37.5 Å². The Morgan fingerprint density at radius 3 is 2.87 bits per heavy atom. The first-order valence-corrected chi connectivity index (χ1v) is 8.40. The lowest BCUT2D eigenvalue weighted by Gasteiger charge is -2.11. The highest BCUT2D eigenvalue weighted by Gasteiger charge is 2.19. The van der Waals surface area contributed by atoms with Crippen molar-refractivity contribution in [3.05, 3.63) is 28.4 Å². The molecule has 1 N–H and O–H groups in total. The van der Waals surface area contributed by atoms with Crippen LogP contribution in [0.5, 0.6) is 0 Å². The fourth-order valence-electron chi connectivity index (χ4n) is 2.56. The summed E-state index contributed by atoms with van der Waals surface area (Å²) in [6.07, 6.45) is 4.00. The van der Waals surface area contributed by atoms with Crippen LogP contribution in [-0.4, -0.2) is 21.1 Å². The molecule has 1 atom stereocenters. The summed E-state index contributed by atoms with van der Waals surface area (Å²) in [6.45, 7) is 6.68. The summed E-state index contributed by atoms with van der Waals surface area (Å²) in [4.78, 5) is 22.3. The van der Waals surface area contributed by atoms with Crippen LogP contribution in [0.2, 0.25) is 0 Å². The molecule has 0 saturated heterocycles. The Kier molecular flexibility index (Phi) is 4.01. The third kappa shape index (κ3) is 2.35. The first kappa shape index (κ1) is 15.4. The number of pyridine rings is 1. The molecule has 0 aromatic carbocycles. The summed E-state index contributed by atoms with van der Waals surface area (Å²) in [5.41, 5.74) is 1.75. The number of nitriles is 1. The lowest BCUT2D eigenvalue weighted by Crippen LogP contribution is -2.22. The highest BCUT2D eigenvalue weighted by atomic mass is 32.1. The van der Waals surface area contributed by atoms with Gasteiger partial charge in [-0.2, -0.15) is 5.26 Å². The molecule has 0 aliphatic carbocycles. The van der Waals surface area contributed by atoms with Gasteiger partial charge in [-0.25, -0.2) is 9.97 Å². The molecular weight excluding hydrogens is 310 g/mol. The van der Waals surface area contributed by atoms with Crippen LogP contribution in [0.25, 0.3) is 20.4 Å². The quantitative estimate of drug-likeness (QED) is 0.795. The average Bonchev–Trinajstić information content (AvgIpc) is 2.95. The summed E-state index contributed by atoms with van der Waals surface area (Å²) >= 11 is 1.33. The fraction of sp³-hybridized carbons (Fsp3) is 0.375. The van der Waals surface area contributed by atoms with E-state index in [4.69, 9.17) is 0 Å². The number of hydrogen-bond acceptors (Lipinski definition) is 6. The molecule has 7 heteroatoms. The minimum atomic E-state index is -0.0479. The van der Waals surface area contributed by atoms with Gasteiger partial charge in [-0.1, -0.05) is 6.92 Å². The minimum Gasteiger partial charge on any atom is -0.384 e. The van der Waals surface area contributed by atoms with Crippen LogP contribution in [0, 0.1) is 11.3 Å². The van der Waals surface area contributed by atoms with Crippen molar-refractivity contribution in [1.82, 2.24) is 14.5 Å². The van der Waals surface area contributed by atoms with E-state index >= 15 is 0 Å². The molecule has 3 aromatic rings. The molecule has 0 radical (unpaired) electrons. The lowest BCUT2D eigenvalue weighted by molar-refractivity contribution is 0.511. The largest absolute Gasteiger partial charge is 0.384 e. The van der Waals surface area contributed by atoms with Gasteiger partial charge in [0, 0.05) is 18.8 Å². The van der Waals surface area contributed by atoms with Gasteiger partial charge >= 0.3 is 0 Å². The number of nitrogens with one attached hydrogen (secondary N) is 1. The van der Waals surface area contributed by atoms with Crippen LogP contribution in [0.1, 0.15) is 38.8 Å². The van der Waals surface area contributed by atoms with E-state index in [1.165, 1.54) is 11.3 Å². The Morgan fingerprint density at radius 1 is 1.43 bits per heavy atom. The number of nitrogens with zero attached hydrogens (tertiary/aromatic N) is 4. The Hall–Kier alpha value is -2.46. The first-order valence-electron chi connectivity index (χ1n) is 7.58. The van der Waals surface area contributed by atoms with Crippen LogP contribution in [0.15, 0.2) is 17.3 Å². The molecule has 0 aliphatic heterocycles. The Labute approximate surface area is 137 Å². The third-order valence-electron chi connectivity index (χ3n) is 3.97. The summed E-state index contributed by atoms with van der Waals surface area (Å²) in [6, 6.07) is 2.25. The van der Waals surface area contributed by atoms with Crippen LogP contribution >= 0.6 is 11.3 Å². The third-order valence-corrected chi connectivity index (χ3v) is 5.05. The zero-order chi connectivity index (χ0) is 16.6. The number of thiophene rings is 1. The summed E-state index contributed by atoms with van der Waals surface area (Å²) < 4.78 is 2.25. The minimum absolute atomic E-state index is 0.0479. The van der Waals surface area contributed by atoms with Crippen LogP contribution < -0.4 is 10.9 Å². The van der Waals surface area contributed by atoms with E-state index in [0.717, 1.165) is 16.6 Å². The van der Waals surface area contributed by atoms with E-state index in [1.54, 1.807) is 17.1 Å². The van der Waals surface area contributed by atoms with Crippen molar-refractivity contribution in [2.45, 2.75) is 33.2 Å². The van der Waals surface area contributed by atoms with E-state index in [0.29, 0.717) is 28.0 Å². The van der Waals surface area contributed by atoms with Gasteiger partial charge in [0.05, 0.1) is 23.0 Å². The molecule has 0 spiro atoms. The standard InChI is InChI=1S/C16H17N5OS/c1-4-9(3)21-8-20-13-11-12(18-5-2)10(6-17)7-19-15(11)23-14(13)16(21)22/h7-9H,4-5H2,1-3H3,(H,18,19). The normalized spacial score (nSPS) is 12.4. The van der Waals surface area contributed by atoms with Gasteiger partial charge in [-0.15, -0.1) is 11.3 Å². The number of hydrogen-bond donors (Lipinski definition) is 1. The molecule has 0 aliphatic rings. The number of rotatable bonds is 4. The molecule has 3 rings (SSSR count). The second-order valence-corrected chi connectivity index (χ2v) is 6.36. The van der Waals surface area contributed by atoms with Gasteiger partial charge in [0.15, 0.2) is 0 Å².